The van der Waals surface area contributed by atoms with E-state index in [0.717, 1.165) is 51.4 Å². The Labute approximate surface area is 135 Å². The first-order valence-corrected chi connectivity index (χ1v) is 8.06. The maximum Gasteiger partial charge on any atom is 0.328 e. The molecule has 0 bridgehead atoms. The molecule has 0 aromatic carbocycles. The molecule has 1 atom stereocenters. The normalized spacial score (nSPS) is 17.8. The number of rotatable bonds is 14. The maximum absolute atomic E-state index is 10.6. The Kier molecular flexibility index (Phi) is 9.88. The van der Waals surface area contributed by atoms with Crippen LogP contribution in [-0.2, 0) is 4.79 Å². The number of carboxylic acids is 1. The average molecular weight is 300 g/mol. The monoisotopic (exact) mass is 300 g/mol. The van der Waals surface area contributed by atoms with Crippen LogP contribution < -0.4 is 0 Å². The van der Waals surface area contributed by atoms with Crippen LogP contribution in [0.3, 0.4) is 0 Å². The standard InChI is InChI=1S/C18H32O3/c1-2-3-11-14-17(19)15-12-9-7-5-4-6-8-10-13-16-18(20)21/h8,10,13,16-17,19H,2-7,9,11-12,14-15H2,1H3,(H,20,21)/t17-/m0/s1/i8D,10D,13D,16D. The van der Waals surface area contributed by atoms with Crippen LogP contribution in [0, 0.1) is 0 Å². The van der Waals surface area contributed by atoms with Gasteiger partial charge in [0, 0.05) is 6.05 Å². The number of hydrogen-bond acceptors (Lipinski definition) is 2. The third-order valence-corrected chi connectivity index (χ3v) is 3.30. The first-order chi connectivity index (χ1) is 11.8. The van der Waals surface area contributed by atoms with Crippen LogP contribution >= 0.6 is 0 Å². The van der Waals surface area contributed by atoms with E-state index in [-0.39, 0.29) is 12.2 Å². The first kappa shape index (κ1) is 13.6. The average Bonchev–Trinajstić information content (AvgIpc) is 2.58. The number of aliphatic hydroxyl groups is 1. The fourth-order valence-corrected chi connectivity index (χ4v) is 2.09. The van der Waals surface area contributed by atoms with Crippen molar-refractivity contribution in [1.29, 1.82) is 0 Å². The van der Waals surface area contributed by atoms with Crippen LogP contribution in [0.4, 0.5) is 0 Å². The van der Waals surface area contributed by atoms with Crippen molar-refractivity contribution in [3.8, 4) is 0 Å². The SMILES string of the molecule is [2H]C(CCCCCCC[C@@H](O)CCCCC)=C([2H])C([2H])=C([2H])C(=O)O. The van der Waals surface area contributed by atoms with E-state index in [1.807, 2.05) is 0 Å². The van der Waals surface area contributed by atoms with E-state index in [2.05, 4.69) is 6.92 Å². The van der Waals surface area contributed by atoms with Crippen molar-refractivity contribution in [2.45, 2.75) is 83.7 Å². The van der Waals surface area contributed by atoms with Crippen LogP contribution in [0.5, 0.6) is 0 Å². The molecule has 122 valence electrons. The number of aliphatic hydroxyl groups excluding tert-OH is 1. The number of hydrogen-bond donors (Lipinski definition) is 2. The number of carbonyl (C=O) groups is 1. The first-order valence-electron chi connectivity index (χ1n) is 10.1. The summed E-state index contributed by atoms with van der Waals surface area (Å²) in [5.41, 5.74) is 0. The zero-order valence-corrected chi connectivity index (χ0v) is 13.2. The molecule has 0 aliphatic heterocycles. The minimum absolute atomic E-state index is 0.0950. The van der Waals surface area contributed by atoms with Crippen LogP contribution in [0.25, 0.3) is 0 Å². The summed E-state index contributed by atoms with van der Waals surface area (Å²) < 4.78 is 29.9. The third-order valence-electron chi connectivity index (χ3n) is 3.30. The van der Waals surface area contributed by atoms with Crippen molar-refractivity contribution >= 4 is 5.97 Å². The molecule has 0 heterocycles. The zero-order valence-electron chi connectivity index (χ0n) is 17.2. The molecular formula is C18H32O3. The Morgan fingerprint density at radius 3 is 2.33 bits per heavy atom. The summed E-state index contributed by atoms with van der Waals surface area (Å²) in [6.07, 6.45) is 9.84. The molecule has 0 spiro atoms. The second kappa shape index (κ2) is 15.3. The molecule has 0 aliphatic carbocycles. The number of unbranched alkanes of at least 4 members (excludes halogenated alkanes) is 6. The van der Waals surface area contributed by atoms with E-state index < -0.39 is 24.1 Å². The van der Waals surface area contributed by atoms with Gasteiger partial charge in [-0.05, 0) is 25.7 Å². The Bertz CT molecular complexity index is 461. The van der Waals surface area contributed by atoms with Gasteiger partial charge in [0.1, 0.15) is 0 Å². The van der Waals surface area contributed by atoms with Gasteiger partial charge >= 0.3 is 5.97 Å². The maximum atomic E-state index is 10.6. The Morgan fingerprint density at radius 2 is 1.67 bits per heavy atom. The largest absolute Gasteiger partial charge is 0.478 e. The summed E-state index contributed by atoms with van der Waals surface area (Å²) in [6.45, 7) is 2.15. The van der Waals surface area contributed by atoms with Crippen molar-refractivity contribution < 1.29 is 20.5 Å². The van der Waals surface area contributed by atoms with Crippen LogP contribution in [0.2, 0.25) is 0 Å². The topological polar surface area (TPSA) is 57.5 Å². The second-order valence-corrected chi connectivity index (χ2v) is 5.31. The van der Waals surface area contributed by atoms with E-state index in [4.69, 9.17) is 10.6 Å². The highest BCUT2D eigenvalue weighted by atomic mass is 16.4. The molecule has 3 heteroatoms. The minimum atomic E-state index is -1.56. The molecule has 0 amide bonds. The lowest BCUT2D eigenvalue weighted by molar-refractivity contribution is -0.131. The quantitative estimate of drug-likeness (QED) is 0.274. The minimum Gasteiger partial charge on any atom is -0.478 e. The lowest BCUT2D eigenvalue weighted by Gasteiger charge is -2.09. The highest BCUT2D eigenvalue weighted by Crippen LogP contribution is 2.12. The zero-order chi connectivity index (χ0) is 19.2. The van der Waals surface area contributed by atoms with Crippen LogP contribution in [0.15, 0.2) is 24.2 Å². The van der Waals surface area contributed by atoms with Crippen LogP contribution in [-0.4, -0.2) is 22.3 Å². The van der Waals surface area contributed by atoms with E-state index in [1.165, 1.54) is 6.42 Å². The van der Waals surface area contributed by atoms with Gasteiger partial charge < -0.3 is 10.2 Å². The number of carboxylic acid groups (broad SMARTS) is 1. The summed E-state index contributed by atoms with van der Waals surface area (Å²) in [7, 11) is 0. The molecule has 0 aromatic heterocycles. The van der Waals surface area contributed by atoms with Gasteiger partial charge in [-0.2, -0.15) is 0 Å². The molecule has 3 nitrogen and oxygen atoms in total. The van der Waals surface area contributed by atoms with Gasteiger partial charge in [-0.1, -0.05) is 70.0 Å². The van der Waals surface area contributed by atoms with Gasteiger partial charge in [-0.15, -0.1) is 0 Å². The fraction of sp³-hybridized carbons (Fsp3) is 0.722. The lowest BCUT2D eigenvalue weighted by Crippen LogP contribution is -2.05. The summed E-state index contributed by atoms with van der Waals surface area (Å²) >= 11 is 0. The molecule has 0 radical (unpaired) electrons. The summed E-state index contributed by atoms with van der Waals surface area (Å²) in [4.78, 5) is 10.6. The van der Waals surface area contributed by atoms with Crippen molar-refractivity contribution in [3.05, 3.63) is 24.2 Å². The van der Waals surface area contributed by atoms with Crippen molar-refractivity contribution in [2.75, 3.05) is 0 Å². The van der Waals surface area contributed by atoms with Gasteiger partial charge in [-0.25, -0.2) is 4.79 Å². The fourth-order valence-electron chi connectivity index (χ4n) is 2.09. The molecule has 0 aliphatic rings. The lowest BCUT2D eigenvalue weighted by atomic mass is 10.0. The smallest absolute Gasteiger partial charge is 0.328 e. The molecule has 0 unspecified atom stereocenters. The van der Waals surface area contributed by atoms with E-state index >= 15 is 0 Å². The Hall–Kier alpha value is -1.09. The number of allylic oxidation sites excluding steroid dienone is 3. The third kappa shape index (κ3) is 16.9. The summed E-state index contributed by atoms with van der Waals surface area (Å²) in [5.74, 6) is -1.56. The molecule has 0 saturated heterocycles. The molecule has 0 aromatic rings. The molecule has 0 rings (SSSR count). The van der Waals surface area contributed by atoms with Gasteiger partial charge in [0.2, 0.25) is 0 Å². The van der Waals surface area contributed by atoms with Crippen LogP contribution in [0.1, 0.15) is 83.0 Å². The van der Waals surface area contributed by atoms with Crippen molar-refractivity contribution in [1.82, 2.24) is 0 Å². The highest BCUT2D eigenvalue weighted by Gasteiger charge is 2.02. The van der Waals surface area contributed by atoms with E-state index in [1.54, 1.807) is 0 Å². The predicted molar refractivity (Wildman–Crippen MR) is 88.4 cm³/mol. The number of aliphatic carboxylic acids is 1. The van der Waals surface area contributed by atoms with Gasteiger partial charge in [-0.3, -0.25) is 0 Å². The summed E-state index contributed by atoms with van der Waals surface area (Å²) in [6, 6.07) is -2.24. The van der Waals surface area contributed by atoms with E-state index in [9.17, 15) is 9.90 Å². The van der Waals surface area contributed by atoms with Crippen molar-refractivity contribution in [3.63, 3.8) is 0 Å². The van der Waals surface area contributed by atoms with Gasteiger partial charge in [0.05, 0.1) is 11.6 Å². The molecule has 21 heavy (non-hydrogen) atoms. The molecule has 0 saturated carbocycles. The molecule has 2 N–H and O–H groups in total. The Morgan fingerprint density at radius 1 is 1.05 bits per heavy atom. The van der Waals surface area contributed by atoms with E-state index in [0.29, 0.717) is 12.8 Å². The molecule has 0 fully saturated rings. The Balaban J connectivity index is 3.93. The van der Waals surface area contributed by atoms with Crippen molar-refractivity contribution in [2.24, 2.45) is 0 Å². The molecular weight excluding hydrogens is 264 g/mol. The predicted octanol–water partition coefficient (Wildman–Crippen LogP) is 4.86. The van der Waals surface area contributed by atoms with Gasteiger partial charge in [0.15, 0.2) is 0 Å². The van der Waals surface area contributed by atoms with Gasteiger partial charge in [0.25, 0.3) is 0 Å². The summed E-state index contributed by atoms with van der Waals surface area (Å²) in [5, 5.41) is 18.4. The highest BCUT2D eigenvalue weighted by molar-refractivity contribution is 5.80. The second-order valence-electron chi connectivity index (χ2n) is 5.31.